The summed E-state index contributed by atoms with van der Waals surface area (Å²) in [5, 5.41) is -0.778. The molecule has 0 amide bonds. The third-order valence-corrected chi connectivity index (χ3v) is 7.01. The fraction of sp³-hybridized carbons (Fsp3) is 0.219. The van der Waals surface area contributed by atoms with Crippen LogP contribution >= 0.6 is 23.2 Å². The first-order valence-electron chi connectivity index (χ1n) is 13.4. The lowest BCUT2D eigenvalue weighted by atomic mass is 10.2. The number of aliphatic imine (C=N–C) groups is 1. The Bertz CT molecular complexity index is 1790. The SMILES string of the molecule is C#CC(C)N(C)C=Nc1cnc(Oc2ccc(Cl)c(C(F)(F)F)c2)cc1C.Cc1cc(Oc2ccc(Cl)c(C(F)(F)F)c2)ncc1N. The van der Waals surface area contributed by atoms with E-state index in [1.165, 1.54) is 30.6 Å². The Morgan fingerprint density at radius 1 is 0.851 bits per heavy atom. The van der Waals surface area contributed by atoms with Crippen molar-refractivity contribution in [1.29, 1.82) is 0 Å². The summed E-state index contributed by atoms with van der Waals surface area (Å²) >= 11 is 11.1. The second-order valence-corrected chi connectivity index (χ2v) is 10.7. The third kappa shape index (κ3) is 10.4. The second kappa shape index (κ2) is 15.3. The highest BCUT2D eigenvalue weighted by atomic mass is 35.5. The van der Waals surface area contributed by atoms with Gasteiger partial charge < -0.3 is 20.1 Å². The molecule has 0 aliphatic rings. The third-order valence-electron chi connectivity index (χ3n) is 6.35. The van der Waals surface area contributed by atoms with Gasteiger partial charge in [-0.1, -0.05) is 29.1 Å². The van der Waals surface area contributed by atoms with Crippen molar-refractivity contribution < 1.29 is 35.8 Å². The number of nitrogens with zero attached hydrogens (tertiary/aromatic N) is 4. The molecule has 0 spiro atoms. The number of hydrogen-bond donors (Lipinski definition) is 1. The highest BCUT2D eigenvalue weighted by Gasteiger charge is 2.34. The predicted molar refractivity (Wildman–Crippen MR) is 170 cm³/mol. The average Bonchev–Trinajstić information content (AvgIpc) is 2.99. The number of benzene rings is 2. The molecule has 1 unspecified atom stereocenters. The number of aryl methyl sites for hydroxylation is 2. The summed E-state index contributed by atoms with van der Waals surface area (Å²) in [5.74, 6) is 2.87. The first kappa shape index (κ1) is 36.8. The largest absolute Gasteiger partial charge is 0.439 e. The van der Waals surface area contributed by atoms with Crippen molar-refractivity contribution in [3.8, 4) is 35.6 Å². The summed E-state index contributed by atoms with van der Waals surface area (Å²) in [6, 6.07) is 9.62. The smallest absolute Gasteiger partial charge is 0.417 e. The lowest BCUT2D eigenvalue weighted by molar-refractivity contribution is -0.138. The van der Waals surface area contributed by atoms with Gasteiger partial charge in [0.05, 0.1) is 57.3 Å². The predicted octanol–water partition coefficient (Wildman–Crippen LogP) is 9.90. The zero-order chi connectivity index (χ0) is 35.1. The molecule has 0 aliphatic heterocycles. The van der Waals surface area contributed by atoms with Gasteiger partial charge in [0, 0.05) is 19.2 Å². The number of ether oxygens (including phenoxy) is 2. The van der Waals surface area contributed by atoms with Crippen molar-refractivity contribution in [1.82, 2.24) is 14.9 Å². The summed E-state index contributed by atoms with van der Waals surface area (Å²) in [5.41, 5.74) is 6.20. The van der Waals surface area contributed by atoms with E-state index >= 15 is 0 Å². The molecular weight excluding hydrogens is 671 g/mol. The number of halogens is 8. The monoisotopic (exact) mass is 697 g/mol. The summed E-state index contributed by atoms with van der Waals surface area (Å²) < 4.78 is 87.6. The summed E-state index contributed by atoms with van der Waals surface area (Å²) in [6.45, 7) is 5.39. The minimum atomic E-state index is -4.57. The molecule has 2 aromatic heterocycles. The van der Waals surface area contributed by atoms with Crippen LogP contribution in [0.4, 0.5) is 37.7 Å². The van der Waals surface area contributed by atoms with Crippen molar-refractivity contribution in [2.75, 3.05) is 12.8 Å². The molecule has 4 rings (SSSR count). The summed E-state index contributed by atoms with van der Waals surface area (Å²) in [6.07, 6.45) is 0.676. The Kier molecular flexibility index (Phi) is 12.0. The minimum Gasteiger partial charge on any atom is -0.439 e. The molecule has 47 heavy (non-hydrogen) atoms. The van der Waals surface area contributed by atoms with Crippen LogP contribution in [-0.4, -0.2) is 34.3 Å². The van der Waals surface area contributed by atoms with Crippen LogP contribution in [0.1, 0.15) is 29.2 Å². The van der Waals surface area contributed by atoms with Crippen LogP contribution < -0.4 is 15.2 Å². The van der Waals surface area contributed by atoms with Crippen LogP contribution in [0, 0.1) is 26.2 Å². The topological polar surface area (TPSA) is 85.9 Å². The van der Waals surface area contributed by atoms with Crippen LogP contribution in [0.25, 0.3) is 0 Å². The molecule has 2 N–H and O–H groups in total. The van der Waals surface area contributed by atoms with Crippen LogP contribution in [0.15, 0.2) is 65.9 Å². The van der Waals surface area contributed by atoms with Gasteiger partial charge in [-0.2, -0.15) is 26.3 Å². The van der Waals surface area contributed by atoms with E-state index in [0.29, 0.717) is 11.4 Å². The van der Waals surface area contributed by atoms with Crippen LogP contribution in [0.2, 0.25) is 10.0 Å². The maximum absolute atomic E-state index is 12.9. The fourth-order valence-corrected chi connectivity index (χ4v) is 3.94. The number of hydrogen-bond acceptors (Lipinski definition) is 6. The van der Waals surface area contributed by atoms with Gasteiger partial charge in [0.1, 0.15) is 11.5 Å². The van der Waals surface area contributed by atoms with Gasteiger partial charge in [0.25, 0.3) is 0 Å². The van der Waals surface area contributed by atoms with Crippen molar-refractivity contribution >= 4 is 40.9 Å². The molecule has 0 radical (unpaired) electrons. The molecule has 2 aromatic carbocycles. The van der Waals surface area contributed by atoms with Gasteiger partial charge in [-0.3, -0.25) is 0 Å². The zero-order valence-electron chi connectivity index (χ0n) is 25.2. The summed E-state index contributed by atoms with van der Waals surface area (Å²) in [4.78, 5) is 14.0. The van der Waals surface area contributed by atoms with Gasteiger partial charge in [-0.15, -0.1) is 6.42 Å². The van der Waals surface area contributed by atoms with Crippen molar-refractivity contribution in [2.45, 2.75) is 39.2 Å². The van der Waals surface area contributed by atoms with E-state index in [9.17, 15) is 26.3 Å². The molecule has 0 bridgehead atoms. The van der Waals surface area contributed by atoms with Crippen LogP contribution in [-0.2, 0) is 12.4 Å². The van der Waals surface area contributed by atoms with E-state index in [1.54, 1.807) is 38.2 Å². The number of alkyl halides is 6. The van der Waals surface area contributed by atoms with Gasteiger partial charge in [0.15, 0.2) is 0 Å². The zero-order valence-corrected chi connectivity index (χ0v) is 26.7. The Morgan fingerprint density at radius 3 is 1.74 bits per heavy atom. The van der Waals surface area contributed by atoms with Gasteiger partial charge >= 0.3 is 12.4 Å². The standard InChI is InChI=1S/C19H17ClF3N3O.C13H10ClF3N2O/c1-5-13(3)26(4)11-25-17-10-24-18(8-12(17)2)27-14-6-7-16(20)15(9-14)19(21,22)23;1-7-4-12(19-6-11(7)18)20-8-2-3-10(14)9(5-8)13(15,16)17/h1,6-11,13H,2-4H3;2-6H,18H2,1H3. The molecule has 15 heteroatoms. The molecule has 2 heterocycles. The van der Waals surface area contributed by atoms with Gasteiger partial charge in [-0.05, 0) is 68.3 Å². The molecule has 248 valence electrons. The second-order valence-electron chi connectivity index (χ2n) is 9.92. The minimum absolute atomic E-state index is 0.00148. The van der Waals surface area contributed by atoms with E-state index in [-0.39, 0.29) is 34.3 Å². The fourth-order valence-electron chi connectivity index (χ4n) is 3.49. The number of terminal acetylenes is 1. The summed E-state index contributed by atoms with van der Waals surface area (Å²) in [7, 11) is 1.80. The highest BCUT2D eigenvalue weighted by Crippen LogP contribution is 2.39. The molecule has 7 nitrogen and oxygen atoms in total. The van der Waals surface area contributed by atoms with Gasteiger partial charge in [-0.25, -0.2) is 15.0 Å². The van der Waals surface area contributed by atoms with Crippen molar-refractivity contribution in [3.05, 3.63) is 93.2 Å². The molecule has 4 aromatic rings. The number of nitrogen functional groups attached to an aromatic ring is 1. The molecule has 0 saturated carbocycles. The van der Waals surface area contributed by atoms with E-state index in [0.717, 1.165) is 35.4 Å². The maximum Gasteiger partial charge on any atom is 0.417 e. The van der Waals surface area contributed by atoms with Crippen molar-refractivity contribution in [2.24, 2.45) is 4.99 Å². The first-order chi connectivity index (χ1) is 21.9. The Morgan fingerprint density at radius 2 is 1.32 bits per heavy atom. The highest BCUT2D eigenvalue weighted by molar-refractivity contribution is 6.31. The molecule has 0 fully saturated rings. The van der Waals surface area contributed by atoms with E-state index in [1.807, 2.05) is 6.92 Å². The van der Waals surface area contributed by atoms with Crippen LogP contribution in [0.5, 0.6) is 23.3 Å². The normalized spacial score (nSPS) is 12.1. The lowest BCUT2D eigenvalue weighted by Crippen LogP contribution is -2.25. The number of rotatable bonds is 7. The first-order valence-corrected chi connectivity index (χ1v) is 14.1. The number of anilines is 1. The molecule has 0 aliphatic carbocycles. The van der Waals surface area contributed by atoms with Crippen molar-refractivity contribution in [3.63, 3.8) is 0 Å². The average molecular weight is 698 g/mol. The molecule has 0 saturated heterocycles. The van der Waals surface area contributed by atoms with E-state index in [4.69, 9.17) is 44.8 Å². The Labute approximate surface area is 277 Å². The van der Waals surface area contributed by atoms with E-state index < -0.39 is 28.5 Å². The van der Waals surface area contributed by atoms with Gasteiger partial charge in [0.2, 0.25) is 11.8 Å². The quantitative estimate of drug-likeness (QED) is 0.0896. The lowest BCUT2D eigenvalue weighted by Gasteiger charge is -2.16. The Hall–Kier alpha value is -4.67. The van der Waals surface area contributed by atoms with E-state index in [2.05, 4.69) is 20.9 Å². The Balaban J connectivity index is 0.000000267. The number of pyridine rings is 2. The number of nitrogens with two attached hydrogens (primary N) is 1. The molecular formula is C32H27Cl2F6N5O2. The maximum atomic E-state index is 12.9. The van der Waals surface area contributed by atoms with Crippen LogP contribution in [0.3, 0.4) is 0 Å². The molecule has 1 atom stereocenters. The number of aromatic nitrogens is 2.